The molecule has 0 saturated heterocycles. The van der Waals surface area contributed by atoms with Gasteiger partial charge in [0, 0.05) is 0 Å². The molecule has 5 heteroatoms. The fourth-order valence-corrected chi connectivity index (χ4v) is 0.835. The van der Waals surface area contributed by atoms with Gasteiger partial charge in [0.15, 0.2) is 5.92 Å². The number of alkyl halides is 3. The van der Waals surface area contributed by atoms with E-state index < -0.39 is 18.1 Å². The third-order valence-corrected chi connectivity index (χ3v) is 1.54. The number of carboxylic acid groups (broad SMARTS) is 1. The second kappa shape index (κ2) is 4.33. The van der Waals surface area contributed by atoms with E-state index >= 15 is 0 Å². The summed E-state index contributed by atoms with van der Waals surface area (Å²) in [7, 11) is 0. The average Bonchev–Trinajstić information content (AvgIpc) is 1.84. The van der Waals surface area contributed by atoms with Crippen LogP contribution in [0.25, 0.3) is 0 Å². The summed E-state index contributed by atoms with van der Waals surface area (Å²) in [5, 5.41) is 8.22. The average molecular weight is 184 g/mol. The number of carbonyl (C=O) groups is 1. The minimum absolute atomic E-state index is 0.288. The number of unbranched alkanes of at least 4 members (excludes halogenated alkanes) is 1. The van der Waals surface area contributed by atoms with E-state index in [2.05, 4.69) is 0 Å². The zero-order valence-electron chi connectivity index (χ0n) is 6.69. The molecule has 0 aliphatic carbocycles. The quantitative estimate of drug-likeness (QED) is 0.728. The molecule has 0 aliphatic heterocycles. The third kappa shape index (κ3) is 3.59. The first-order valence-corrected chi connectivity index (χ1v) is 3.69. The largest absolute Gasteiger partial charge is 0.481 e. The standard InChI is InChI=1S/C7H11F3O2/c1-2-3-4-5(6(11)12)7(8,9)10/h5H,2-4H2,1H3,(H,11,12)/t5-/m1/s1. The molecule has 0 radical (unpaired) electrons. The van der Waals surface area contributed by atoms with Crippen LogP contribution in [0, 0.1) is 5.92 Å². The molecule has 0 aliphatic rings. The maximum atomic E-state index is 11.9. The van der Waals surface area contributed by atoms with E-state index in [1.807, 2.05) is 0 Å². The Morgan fingerprint density at radius 1 is 1.50 bits per heavy atom. The normalized spacial score (nSPS) is 14.3. The van der Waals surface area contributed by atoms with Crippen LogP contribution in [0.1, 0.15) is 26.2 Å². The van der Waals surface area contributed by atoms with Crippen LogP contribution in [0.2, 0.25) is 0 Å². The molecule has 0 heterocycles. The highest BCUT2D eigenvalue weighted by Crippen LogP contribution is 2.30. The Bertz CT molecular complexity index is 153. The fourth-order valence-electron chi connectivity index (χ4n) is 0.835. The molecule has 0 amide bonds. The summed E-state index contributed by atoms with van der Waals surface area (Å²) < 4.78 is 35.7. The predicted molar refractivity (Wildman–Crippen MR) is 36.7 cm³/mol. The highest BCUT2D eigenvalue weighted by atomic mass is 19.4. The number of carboxylic acids is 1. The zero-order valence-corrected chi connectivity index (χ0v) is 6.69. The first kappa shape index (κ1) is 11.3. The highest BCUT2D eigenvalue weighted by Gasteiger charge is 2.44. The highest BCUT2D eigenvalue weighted by molar-refractivity contribution is 5.70. The van der Waals surface area contributed by atoms with Crippen molar-refractivity contribution < 1.29 is 23.1 Å². The van der Waals surface area contributed by atoms with Crippen LogP contribution in [-0.2, 0) is 4.79 Å². The Balaban J connectivity index is 4.15. The van der Waals surface area contributed by atoms with Gasteiger partial charge >= 0.3 is 12.1 Å². The number of halogens is 3. The van der Waals surface area contributed by atoms with Gasteiger partial charge in [-0.1, -0.05) is 19.8 Å². The van der Waals surface area contributed by atoms with E-state index in [1.54, 1.807) is 6.92 Å². The van der Waals surface area contributed by atoms with Gasteiger partial charge in [0.25, 0.3) is 0 Å². The van der Waals surface area contributed by atoms with E-state index in [0.717, 1.165) is 0 Å². The molecule has 2 nitrogen and oxygen atoms in total. The number of aliphatic carboxylic acids is 1. The lowest BCUT2D eigenvalue weighted by Gasteiger charge is -2.14. The molecule has 0 bridgehead atoms. The van der Waals surface area contributed by atoms with Crippen molar-refractivity contribution in [2.24, 2.45) is 5.92 Å². The van der Waals surface area contributed by atoms with Gasteiger partial charge in [0.1, 0.15) is 0 Å². The van der Waals surface area contributed by atoms with Crippen molar-refractivity contribution in [2.75, 3.05) is 0 Å². The van der Waals surface area contributed by atoms with Gasteiger partial charge in [-0.3, -0.25) is 4.79 Å². The summed E-state index contributed by atoms with van der Waals surface area (Å²) in [5.41, 5.74) is 0. The van der Waals surface area contributed by atoms with Crippen LogP contribution in [-0.4, -0.2) is 17.3 Å². The SMILES string of the molecule is CCCC[C@H](C(=O)O)C(F)(F)F. The summed E-state index contributed by atoms with van der Waals surface area (Å²) in [5.74, 6) is -3.98. The molecular weight excluding hydrogens is 173 g/mol. The number of hydrogen-bond donors (Lipinski definition) is 1. The molecule has 0 aromatic carbocycles. The van der Waals surface area contributed by atoms with Crippen LogP contribution in [0.5, 0.6) is 0 Å². The third-order valence-electron chi connectivity index (χ3n) is 1.54. The molecular formula is C7H11F3O2. The molecule has 0 rings (SSSR count). The van der Waals surface area contributed by atoms with Crippen LogP contribution in [0.15, 0.2) is 0 Å². The molecule has 1 N–H and O–H groups in total. The molecule has 0 unspecified atom stereocenters. The summed E-state index contributed by atoms with van der Waals surface area (Å²) in [6.45, 7) is 1.72. The van der Waals surface area contributed by atoms with Crippen molar-refractivity contribution in [1.29, 1.82) is 0 Å². The van der Waals surface area contributed by atoms with Crippen LogP contribution < -0.4 is 0 Å². The Labute approximate surface area is 68.4 Å². The van der Waals surface area contributed by atoms with E-state index in [-0.39, 0.29) is 12.8 Å². The monoisotopic (exact) mass is 184 g/mol. The number of rotatable bonds is 4. The van der Waals surface area contributed by atoms with Crippen molar-refractivity contribution in [1.82, 2.24) is 0 Å². The molecule has 0 spiro atoms. The smallest absolute Gasteiger partial charge is 0.402 e. The van der Waals surface area contributed by atoms with Crippen LogP contribution >= 0.6 is 0 Å². The first-order valence-electron chi connectivity index (χ1n) is 3.69. The molecule has 0 fully saturated rings. The van der Waals surface area contributed by atoms with Crippen molar-refractivity contribution in [2.45, 2.75) is 32.4 Å². The Hall–Kier alpha value is -0.740. The minimum Gasteiger partial charge on any atom is -0.481 e. The lowest BCUT2D eigenvalue weighted by Crippen LogP contribution is -2.30. The van der Waals surface area contributed by atoms with E-state index in [1.165, 1.54) is 0 Å². The molecule has 0 aromatic heterocycles. The topological polar surface area (TPSA) is 37.3 Å². The van der Waals surface area contributed by atoms with Crippen LogP contribution in [0.4, 0.5) is 13.2 Å². The van der Waals surface area contributed by atoms with Gasteiger partial charge in [-0.2, -0.15) is 13.2 Å². The second-order valence-corrected chi connectivity index (χ2v) is 2.57. The summed E-state index contributed by atoms with van der Waals surface area (Å²) in [4.78, 5) is 10.1. The van der Waals surface area contributed by atoms with Crippen molar-refractivity contribution in [3.63, 3.8) is 0 Å². The molecule has 0 saturated carbocycles. The van der Waals surface area contributed by atoms with Gasteiger partial charge in [0.2, 0.25) is 0 Å². The van der Waals surface area contributed by atoms with Gasteiger partial charge in [-0.25, -0.2) is 0 Å². The number of hydrogen-bond acceptors (Lipinski definition) is 1. The van der Waals surface area contributed by atoms with Crippen LogP contribution in [0.3, 0.4) is 0 Å². The molecule has 72 valence electrons. The Kier molecular flexibility index (Phi) is 4.06. The fraction of sp³-hybridized carbons (Fsp3) is 0.857. The molecule has 12 heavy (non-hydrogen) atoms. The summed E-state index contributed by atoms with van der Waals surface area (Å²) in [6, 6.07) is 0. The second-order valence-electron chi connectivity index (χ2n) is 2.57. The van der Waals surface area contributed by atoms with E-state index in [4.69, 9.17) is 5.11 Å². The van der Waals surface area contributed by atoms with E-state index in [9.17, 15) is 18.0 Å². The predicted octanol–water partition coefficient (Wildman–Crippen LogP) is 2.44. The lowest BCUT2D eigenvalue weighted by atomic mass is 10.0. The maximum Gasteiger partial charge on any atom is 0.402 e. The minimum atomic E-state index is -4.61. The van der Waals surface area contributed by atoms with Crippen molar-refractivity contribution in [3.05, 3.63) is 0 Å². The zero-order chi connectivity index (χ0) is 9.78. The van der Waals surface area contributed by atoms with Gasteiger partial charge < -0.3 is 5.11 Å². The van der Waals surface area contributed by atoms with Gasteiger partial charge in [-0.15, -0.1) is 0 Å². The van der Waals surface area contributed by atoms with Crippen molar-refractivity contribution >= 4 is 5.97 Å². The van der Waals surface area contributed by atoms with E-state index in [0.29, 0.717) is 6.42 Å². The molecule has 1 atom stereocenters. The van der Waals surface area contributed by atoms with Gasteiger partial charge in [0.05, 0.1) is 0 Å². The van der Waals surface area contributed by atoms with Gasteiger partial charge in [-0.05, 0) is 6.42 Å². The van der Waals surface area contributed by atoms with Crippen molar-refractivity contribution in [3.8, 4) is 0 Å². The maximum absolute atomic E-state index is 11.9. The lowest BCUT2D eigenvalue weighted by molar-refractivity contribution is -0.194. The first-order chi connectivity index (χ1) is 5.39. The Morgan fingerprint density at radius 3 is 2.25 bits per heavy atom. The Morgan fingerprint density at radius 2 is 2.00 bits per heavy atom. The summed E-state index contributed by atoms with van der Waals surface area (Å²) in [6.07, 6.45) is -4.08. The summed E-state index contributed by atoms with van der Waals surface area (Å²) >= 11 is 0. The molecule has 0 aromatic rings.